The summed E-state index contributed by atoms with van der Waals surface area (Å²) in [5.74, 6) is 0.920. The molecule has 92 valence electrons. The Balaban J connectivity index is 2.25. The molecule has 3 aromatic rings. The fourth-order valence-electron chi connectivity index (χ4n) is 2.16. The van der Waals surface area contributed by atoms with Crippen LogP contribution in [0.4, 0.5) is 0 Å². The Bertz CT molecular complexity index is 812. The van der Waals surface area contributed by atoms with Crippen LogP contribution in [0.3, 0.4) is 0 Å². The van der Waals surface area contributed by atoms with E-state index in [1.807, 2.05) is 31.3 Å². The minimum absolute atomic E-state index is 0.639. The minimum Gasteiger partial charge on any atom is -0.327 e. The first-order chi connectivity index (χ1) is 9.19. The molecule has 0 N–H and O–H groups in total. The van der Waals surface area contributed by atoms with Crippen LogP contribution in [0.15, 0.2) is 42.5 Å². The molecular formula is C15H10IN3. The first kappa shape index (κ1) is 12.2. The molecule has 0 amide bonds. The van der Waals surface area contributed by atoms with E-state index in [4.69, 9.17) is 5.26 Å². The Morgan fingerprint density at radius 2 is 2.05 bits per heavy atom. The van der Waals surface area contributed by atoms with Crippen molar-refractivity contribution in [2.24, 2.45) is 7.05 Å². The third-order valence-electron chi connectivity index (χ3n) is 3.09. The molecule has 0 fully saturated rings. The molecule has 19 heavy (non-hydrogen) atoms. The first-order valence-electron chi connectivity index (χ1n) is 5.81. The van der Waals surface area contributed by atoms with Gasteiger partial charge >= 0.3 is 0 Å². The van der Waals surface area contributed by atoms with Crippen molar-refractivity contribution >= 4 is 33.6 Å². The maximum absolute atomic E-state index is 8.94. The predicted molar refractivity (Wildman–Crippen MR) is 83.6 cm³/mol. The van der Waals surface area contributed by atoms with Gasteiger partial charge in [-0.15, -0.1) is 0 Å². The molecule has 1 heterocycles. The van der Waals surface area contributed by atoms with Crippen molar-refractivity contribution in [3.05, 3.63) is 51.6 Å². The summed E-state index contributed by atoms with van der Waals surface area (Å²) >= 11 is 2.29. The summed E-state index contributed by atoms with van der Waals surface area (Å²) in [6.07, 6.45) is 0. The molecule has 3 rings (SSSR count). The summed E-state index contributed by atoms with van der Waals surface area (Å²) in [6.45, 7) is 0. The summed E-state index contributed by atoms with van der Waals surface area (Å²) in [4.78, 5) is 4.64. The zero-order valence-corrected chi connectivity index (χ0v) is 12.4. The Morgan fingerprint density at radius 3 is 2.79 bits per heavy atom. The van der Waals surface area contributed by atoms with E-state index < -0.39 is 0 Å². The molecule has 0 spiro atoms. The molecule has 0 saturated heterocycles. The molecule has 0 radical (unpaired) electrons. The van der Waals surface area contributed by atoms with E-state index in [1.54, 1.807) is 0 Å². The van der Waals surface area contributed by atoms with Crippen LogP contribution >= 0.6 is 22.6 Å². The SMILES string of the molecule is Cn1c(-c2cccc(I)c2)nc2cc(C#N)ccc21. The van der Waals surface area contributed by atoms with Crippen LogP contribution < -0.4 is 0 Å². The van der Waals surface area contributed by atoms with E-state index in [2.05, 4.69) is 56.4 Å². The van der Waals surface area contributed by atoms with Crippen molar-refractivity contribution in [1.29, 1.82) is 5.26 Å². The van der Waals surface area contributed by atoms with Crippen LogP contribution in [0.25, 0.3) is 22.4 Å². The topological polar surface area (TPSA) is 41.6 Å². The van der Waals surface area contributed by atoms with E-state index in [0.717, 1.165) is 22.4 Å². The number of nitrogens with zero attached hydrogens (tertiary/aromatic N) is 3. The third-order valence-corrected chi connectivity index (χ3v) is 3.76. The number of halogens is 1. The average molecular weight is 359 g/mol. The highest BCUT2D eigenvalue weighted by molar-refractivity contribution is 14.1. The van der Waals surface area contributed by atoms with Crippen molar-refractivity contribution in [1.82, 2.24) is 9.55 Å². The van der Waals surface area contributed by atoms with Crippen molar-refractivity contribution in [2.75, 3.05) is 0 Å². The number of hydrogen-bond acceptors (Lipinski definition) is 2. The summed E-state index contributed by atoms with van der Waals surface area (Å²) in [7, 11) is 2.00. The van der Waals surface area contributed by atoms with E-state index in [9.17, 15) is 0 Å². The van der Waals surface area contributed by atoms with Gasteiger partial charge in [0.05, 0.1) is 22.7 Å². The largest absolute Gasteiger partial charge is 0.327 e. The molecule has 2 aromatic carbocycles. The normalized spacial score (nSPS) is 10.6. The lowest BCUT2D eigenvalue weighted by molar-refractivity contribution is 0.959. The summed E-state index contributed by atoms with van der Waals surface area (Å²) < 4.78 is 3.24. The highest BCUT2D eigenvalue weighted by Gasteiger charge is 2.10. The van der Waals surface area contributed by atoms with Crippen LogP contribution in [-0.4, -0.2) is 9.55 Å². The van der Waals surface area contributed by atoms with Gasteiger partial charge in [-0.3, -0.25) is 0 Å². The molecule has 0 atom stereocenters. The van der Waals surface area contributed by atoms with Gasteiger partial charge in [0.25, 0.3) is 0 Å². The van der Waals surface area contributed by atoms with E-state index in [0.29, 0.717) is 5.56 Å². The van der Waals surface area contributed by atoms with Gasteiger partial charge in [-0.2, -0.15) is 5.26 Å². The van der Waals surface area contributed by atoms with Gasteiger partial charge in [-0.05, 0) is 52.9 Å². The Morgan fingerprint density at radius 1 is 1.21 bits per heavy atom. The van der Waals surface area contributed by atoms with Crippen LogP contribution in [0.5, 0.6) is 0 Å². The number of nitriles is 1. The number of aryl methyl sites for hydroxylation is 1. The second-order valence-electron chi connectivity index (χ2n) is 4.32. The van der Waals surface area contributed by atoms with Gasteiger partial charge < -0.3 is 4.57 Å². The Hall–Kier alpha value is -1.87. The third kappa shape index (κ3) is 2.10. The van der Waals surface area contributed by atoms with E-state index in [1.165, 1.54) is 3.57 Å². The van der Waals surface area contributed by atoms with E-state index >= 15 is 0 Å². The number of aromatic nitrogens is 2. The maximum atomic E-state index is 8.94. The number of hydrogen-bond donors (Lipinski definition) is 0. The zero-order valence-electron chi connectivity index (χ0n) is 10.3. The monoisotopic (exact) mass is 359 g/mol. The lowest BCUT2D eigenvalue weighted by Gasteiger charge is -2.02. The van der Waals surface area contributed by atoms with Crippen molar-refractivity contribution in [2.45, 2.75) is 0 Å². The number of rotatable bonds is 1. The standard InChI is InChI=1S/C15H10IN3/c1-19-14-6-5-10(9-17)7-13(14)18-15(19)11-3-2-4-12(16)8-11/h2-8H,1H3. The number of imidazole rings is 1. The Kier molecular flexibility index (Phi) is 2.99. The summed E-state index contributed by atoms with van der Waals surface area (Å²) in [5, 5.41) is 8.94. The zero-order chi connectivity index (χ0) is 13.4. The molecule has 0 bridgehead atoms. The lowest BCUT2D eigenvalue weighted by atomic mass is 10.2. The van der Waals surface area contributed by atoms with Gasteiger partial charge in [-0.1, -0.05) is 12.1 Å². The minimum atomic E-state index is 0.639. The molecule has 0 unspecified atom stereocenters. The van der Waals surface area contributed by atoms with Crippen LogP contribution in [0.1, 0.15) is 5.56 Å². The van der Waals surface area contributed by atoms with Gasteiger partial charge in [0, 0.05) is 16.2 Å². The molecule has 4 heteroatoms. The first-order valence-corrected chi connectivity index (χ1v) is 6.89. The predicted octanol–water partition coefficient (Wildman–Crippen LogP) is 3.72. The maximum Gasteiger partial charge on any atom is 0.140 e. The molecule has 0 aliphatic rings. The van der Waals surface area contributed by atoms with Crippen LogP contribution in [-0.2, 0) is 7.05 Å². The fraction of sp³-hybridized carbons (Fsp3) is 0.0667. The van der Waals surface area contributed by atoms with Crippen molar-refractivity contribution in [3.63, 3.8) is 0 Å². The second kappa shape index (κ2) is 4.67. The smallest absolute Gasteiger partial charge is 0.140 e. The highest BCUT2D eigenvalue weighted by Crippen LogP contribution is 2.25. The molecule has 0 aliphatic carbocycles. The molecule has 1 aromatic heterocycles. The lowest BCUT2D eigenvalue weighted by Crippen LogP contribution is -1.92. The van der Waals surface area contributed by atoms with Gasteiger partial charge in [0.15, 0.2) is 0 Å². The fourth-order valence-corrected chi connectivity index (χ4v) is 2.70. The van der Waals surface area contributed by atoms with Gasteiger partial charge in [0.1, 0.15) is 5.82 Å². The summed E-state index contributed by atoms with van der Waals surface area (Å²) in [5.41, 5.74) is 3.62. The van der Waals surface area contributed by atoms with Crippen LogP contribution in [0.2, 0.25) is 0 Å². The molecule has 0 aliphatic heterocycles. The van der Waals surface area contributed by atoms with Gasteiger partial charge in [-0.25, -0.2) is 4.98 Å². The highest BCUT2D eigenvalue weighted by atomic mass is 127. The molecular weight excluding hydrogens is 349 g/mol. The molecule has 0 saturated carbocycles. The van der Waals surface area contributed by atoms with Crippen LogP contribution in [0, 0.1) is 14.9 Å². The number of benzene rings is 2. The van der Waals surface area contributed by atoms with Crippen molar-refractivity contribution in [3.8, 4) is 17.5 Å². The quantitative estimate of drug-likeness (QED) is 0.622. The second-order valence-corrected chi connectivity index (χ2v) is 5.57. The van der Waals surface area contributed by atoms with Gasteiger partial charge in [0.2, 0.25) is 0 Å². The van der Waals surface area contributed by atoms with E-state index in [-0.39, 0.29) is 0 Å². The molecule has 3 nitrogen and oxygen atoms in total. The Labute approximate surface area is 124 Å². The summed E-state index contributed by atoms with van der Waals surface area (Å²) in [6, 6.07) is 16.0. The average Bonchev–Trinajstić information content (AvgIpc) is 2.75. The van der Waals surface area contributed by atoms with Crippen molar-refractivity contribution < 1.29 is 0 Å². The number of fused-ring (bicyclic) bond motifs is 1.